The van der Waals surface area contributed by atoms with Gasteiger partial charge in [-0.2, -0.15) is 0 Å². The maximum Gasteiger partial charge on any atom is 0.131 e. The molecule has 1 nitrogen and oxygen atoms in total. The van der Waals surface area contributed by atoms with Crippen molar-refractivity contribution in [1.29, 1.82) is 0 Å². The summed E-state index contributed by atoms with van der Waals surface area (Å²) in [6.07, 6.45) is 10.7. The van der Waals surface area contributed by atoms with Gasteiger partial charge in [-0.15, -0.1) is 0 Å². The highest BCUT2D eigenvalue weighted by Gasteiger charge is 2.24. The molecule has 3 aromatic rings. The summed E-state index contributed by atoms with van der Waals surface area (Å²) in [6, 6.07) is 14.9. The first-order chi connectivity index (χ1) is 19.8. The number of aryl methyl sites for hydroxylation is 2. The van der Waals surface area contributed by atoms with Gasteiger partial charge in [0.15, 0.2) is 0 Å². The van der Waals surface area contributed by atoms with E-state index in [0.29, 0.717) is 34.6 Å². The van der Waals surface area contributed by atoms with Crippen LogP contribution in [0, 0.1) is 23.0 Å². The zero-order chi connectivity index (χ0) is 29.6. The highest BCUT2D eigenvalue weighted by molar-refractivity contribution is 5.74. The molecule has 1 aliphatic carbocycles. The Morgan fingerprint density at radius 2 is 1.34 bits per heavy atom. The predicted octanol–water partition coefficient (Wildman–Crippen LogP) is 11.7. The van der Waals surface area contributed by atoms with Gasteiger partial charge < -0.3 is 4.74 Å². The summed E-state index contributed by atoms with van der Waals surface area (Å²) >= 11 is 0. The van der Waals surface area contributed by atoms with Crippen LogP contribution in [-0.2, 0) is 12.8 Å². The second kappa shape index (κ2) is 14.0. The first-order valence-electron chi connectivity index (χ1n) is 16.2. The SMILES string of the molecule is CCc1cc(-c2ccc(-c3ccc(C4CCC(C)CC4)cc3F)cc2F)c(CC)cc1OCCC(CC)(CC)CC. The van der Waals surface area contributed by atoms with Gasteiger partial charge in [0.2, 0.25) is 0 Å². The van der Waals surface area contributed by atoms with E-state index in [2.05, 4.69) is 53.7 Å². The number of halogens is 2. The molecule has 0 radical (unpaired) electrons. The molecule has 1 aliphatic rings. The molecule has 4 rings (SSSR count). The van der Waals surface area contributed by atoms with Crippen LogP contribution in [0.1, 0.15) is 116 Å². The van der Waals surface area contributed by atoms with Crippen molar-refractivity contribution in [2.75, 3.05) is 6.61 Å². The van der Waals surface area contributed by atoms with Crippen molar-refractivity contribution in [2.24, 2.45) is 11.3 Å². The Morgan fingerprint density at radius 3 is 1.93 bits per heavy atom. The summed E-state index contributed by atoms with van der Waals surface area (Å²) in [7, 11) is 0. The minimum absolute atomic E-state index is 0.268. The lowest BCUT2D eigenvalue weighted by atomic mass is 9.77. The molecule has 0 N–H and O–H groups in total. The van der Waals surface area contributed by atoms with Crippen LogP contribution in [-0.4, -0.2) is 6.61 Å². The van der Waals surface area contributed by atoms with E-state index < -0.39 is 0 Å². The zero-order valence-electron chi connectivity index (χ0n) is 26.2. The fourth-order valence-electron chi connectivity index (χ4n) is 6.79. The molecule has 0 bridgehead atoms. The predicted molar refractivity (Wildman–Crippen MR) is 170 cm³/mol. The number of hydrogen-bond donors (Lipinski definition) is 0. The summed E-state index contributed by atoms with van der Waals surface area (Å²) in [6.45, 7) is 14.0. The molecule has 0 unspecified atom stereocenters. The average Bonchev–Trinajstić information content (AvgIpc) is 2.99. The normalized spacial score (nSPS) is 17.6. The van der Waals surface area contributed by atoms with Gasteiger partial charge in [-0.3, -0.25) is 0 Å². The Bertz CT molecular complexity index is 1290. The van der Waals surface area contributed by atoms with Crippen molar-refractivity contribution < 1.29 is 13.5 Å². The smallest absolute Gasteiger partial charge is 0.131 e. The zero-order valence-corrected chi connectivity index (χ0v) is 26.2. The van der Waals surface area contributed by atoms with Crippen molar-refractivity contribution in [3.8, 4) is 28.0 Å². The fraction of sp³-hybridized carbons (Fsp3) is 0.526. The molecule has 0 saturated heterocycles. The third-order valence-corrected chi connectivity index (χ3v) is 10.2. The van der Waals surface area contributed by atoms with E-state index in [1.54, 1.807) is 6.07 Å². The van der Waals surface area contributed by atoms with E-state index in [1.165, 1.54) is 18.9 Å². The highest BCUT2D eigenvalue weighted by atomic mass is 19.1. The molecule has 0 amide bonds. The van der Waals surface area contributed by atoms with Gasteiger partial charge in [-0.25, -0.2) is 8.78 Å². The number of benzene rings is 3. The Hall–Kier alpha value is -2.68. The van der Waals surface area contributed by atoms with E-state index in [9.17, 15) is 0 Å². The first-order valence-corrected chi connectivity index (χ1v) is 16.2. The van der Waals surface area contributed by atoms with Gasteiger partial charge in [0.1, 0.15) is 17.4 Å². The molecule has 0 atom stereocenters. The van der Waals surface area contributed by atoms with Crippen molar-refractivity contribution in [1.82, 2.24) is 0 Å². The van der Waals surface area contributed by atoms with Crippen LogP contribution in [0.2, 0.25) is 0 Å². The van der Waals surface area contributed by atoms with Gasteiger partial charge in [-0.05, 0) is 101 Å². The lowest BCUT2D eigenvalue weighted by Crippen LogP contribution is -2.21. The van der Waals surface area contributed by atoms with Crippen LogP contribution >= 0.6 is 0 Å². The summed E-state index contributed by atoms with van der Waals surface area (Å²) in [5, 5.41) is 0. The van der Waals surface area contributed by atoms with E-state index in [0.717, 1.165) is 85.3 Å². The van der Waals surface area contributed by atoms with Crippen molar-refractivity contribution in [3.05, 3.63) is 76.9 Å². The molecular formula is C38H50F2O. The van der Waals surface area contributed by atoms with Gasteiger partial charge in [0.05, 0.1) is 6.61 Å². The molecule has 0 spiro atoms. The van der Waals surface area contributed by atoms with Gasteiger partial charge in [0.25, 0.3) is 0 Å². The number of hydrogen-bond acceptors (Lipinski definition) is 1. The summed E-state index contributed by atoms with van der Waals surface area (Å²) in [5.74, 6) is 1.51. The fourth-order valence-corrected chi connectivity index (χ4v) is 6.79. The third-order valence-electron chi connectivity index (χ3n) is 10.2. The highest BCUT2D eigenvalue weighted by Crippen LogP contribution is 2.39. The number of rotatable bonds is 12. The summed E-state index contributed by atoms with van der Waals surface area (Å²) in [4.78, 5) is 0. The lowest BCUT2D eigenvalue weighted by Gasteiger charge is -2.30. The minimum Gasteiger partial charge on any atom is -0.493 e. The van der Waals surface area contributed by atoms with Crippen molar-refractivity contribution >= 4 is 0 Å². The van der Waals surface area contributed by atoms with Crippen LogP contribution in [0.4, 0.5) is 8.78 Å². The molecular weight excluding hydrogens is 510 g/mol. The first kappa shape index (κ1) is 31.3. The number of ether oxygens (including phenoxy) is 1. The van der Waals surface area contributed by atoms with E-state index >= 15 is 8.78 Å². The van der Waals surface area contributed by atoms with Crippen LogP contribution in [0.25, 0.3) is 22.3 Å². The maximum absolute atomic E-state index is 15.7. The largest absolute Gasteiger partial charge is 0.493 e. The molecule has 3 heteroatoms. The molecule has 222 valence electrons. The molecule has 41 heavy (non-hydrogen) atoms. The van der Waals surface area contributed by atoms with E-state index in [1.807, 2.05) is 24.3 Å². The lowest BCUT2D eigenvalue weighted by molar-refractivity contribution is 0.173. The average molecular weight is 561 g/mol. The Labute approximate surface area is 247 Å². The van der Waals surface area contributed by atoms with Gasteiger partial charge in [0, 0.05) is 11.1 Å². The topological polar surface area (TPSA) is 9.23 Å². The van der Waals surface area contributed by atoms with E-state index in [-0.39, 0.29) is 11.6 Å². The van der Waals surface area contributed by atoms with Crippen molar-refractivity contribution in [2.45, 2.75) is 112 Å². The van der Waals surface area contributed by atoms with Crippen LogP contribution in [0.15, 0.2) is 48.5 Å². The Morgan fingerprint density at radius 1 is 0.707 bits per heavy atom. The molecule has 3 aromatic carbocycles. The molecule has 1 fully saturated rings. The quantitative estimate of drug-likeness (QED) is 0.214. The second-order valence-corrected chi connectivity index (χ2v) is 12.4. The molecule has 0 aromatic heterocycles. The van der Waals surface area contributed by atoms with Crippen LogP contribution in [0.3, 0.4) is 0 Å². The minimum atomic E-state index is -0.323. The Kier molecular flexibility index (Phi) is 10.7. The summed E-state index contributed by atoms with van der Waals surface area (Å²) in [5.41, 5.74) is 6.05. The Balaban J connectivity index is 1.57. The maximum atomic E-state index is 15.7. The van der Waals surface area contributed by atoms with Gasteiger partial charge >= 0.3 is 0 Å². The molecule has 0 heterocycles. The molecule has 1 saturated carbocycles. The van der Waals surface area contributed by atoms with Crippen LogP contribution < -0.4 is 4.74 Å². The van der Waals surface area contributed by atoms with Gasteiger partial charge in [-0.1, -0.05) is 97.9 Å². The molecule has 0 aliphatic heterocycles. The monoisotopic (exact) mass is 560 g/mol. The van der Waals surface area contributed by atoms with E-state index in [4.69, 9.17) is 4.74 Å². The summed E-state index contributed by atoms with van der Waals surface area (Å²) < 4.78 is 37.4. The standard InChI is InChI=1S/C38H50F2O/c1-7-27-25-37(41-21-20-38(9-3,10-4)11-5)28(8-2)22-34(27)33-19-17-31(24-36(33)40)32-18-16-30(23-35(32)39)29-14-12-26(6)13-15-29/h16-19,22-26,29H,7-15,20-21H2,1-6H3. The van der Waals surface area contributed by atoms with Crippen LogP contribution in [0.5, 0.6) is 5.75 Å². The second-order valence-electron chi connectivity index (χ2n) is 12.4. The van der Waals surface area contributed by atoms with Crippen molar-refractivity contribution in [3.63, 3.8) is 0 Å². The third kappa shape index (κ3) is 7.04.